The Kier molecular flexibility index (Phi) is 5.92. The fraction of sp³-hybridized carbons (Fsp3) is 0.667. The van der Waals surface area contributed by atoms with Gasteiger partial charge in [-0.25, -0.2) is 9.78 Å². The smallest absolute Gasteiger partial charge is 0.332 e. The molecule has 9 heteroatoms. The molecular formula is C15H26N5O4+. The molecular weight excluding hydrogens is 314 g/mol. The number of likely N-dealkylation sites (N-methyl/N-ethyl adjacent to an activating group) is 1. The Morgan fingerprint density at radius 1 is 1.29 bits per heavy atom. The number of imidazole rings is 1. The molecule has 0 aliphatic carbocycles. The van der Waals surface area contributed by atoms with Crippen LogP contribution in [0, 0.1) is 0 Å². The van der Waals surface area contributed by atoms with E-state index in [-0.39, 0.29) is 17.7 Å². The van der Waals surface area contributed by atoms with Crippen LogP contribution in [0.4, 0.5) is 0 Å². The molecule has 134 valence electrons. The Morgan fingerprint density at radius 3 is 2.54 bits per heavy atom. The predicted octanol–water partition coefficient (Wildman–Crippen LogP) is -2.83. The van der Waals surface area contributed by atoms with Crippen molar-refractivity contribution >= 4 is 11.2 Å². The molecule has 0 aliphatic rings. The molecule has 0 unspecified atom stereocenters. The molecule has 2 rings (SSSR count). The largest absolute Gasteiger partial charge is 0.394 e. The van der Waals surface area contributed by atoms with Crippen molar-refractivity contribution < 1.29 is 15.1 Å². The maximum absolute atomic E-state index is 12.8. The molecule has 0 aliphatic heterocycles. The molecule has 0 spiro atoms. The molecule has 24 heavy (non-hydrogen) atoms. The van der Waals surface area contributed by atoms with Gasteiger partial charge in [-0.05, 0) is 13.8 Å². The second kappa shape index (κ2) is 7.73. The van der Waals surface area contributed by atoms with Crippen molar-refractivity contribution in [3.63, 3.8) is 0 Å². The van der Waals surface area contributed by atoms with E-state index >= 15 is 0 Å². The summed E-state index contributed by atoms with van der Waals surface area (Å²) in [5, 5.41) is 18.6. The Labute approximate surface area is 139 Å². The Hall–Kier alpha value is -1.97. The lowest BCUT2D eigenvalue weighted by atomic mass is 10.3. The fourth-order valence-electron chi connectivity index (χ4n) is 2.82. The number of aliphatic hydroxyl groups excluding tert-OH is 2. The number of aryl methyl sites for hydroxylation is 1. The molecule has 0 radical (unpaired) electrons. The average Bonchev–Trinajstić information content (AvgIpc) is 3.00. The van der Waals surface area contributed by atoms with E-state index in [2.05, 4.69) is 18.8 Å². The number of fused-ring (bicyclic) bond motifs is 1. The minimum atomic E-state index is -0.993. The predicted molar refractivity (Wildman–Crippen MR) is 89.2 cm³/mol. The van der Waals surface area contributed by atoms with E-state index in [1.54, 1.807) is 7.05 Å². The monoisotopic (exact) mass is 340 g/mol. The third-order valence-corrected chi connectivity index (χ3v) is 4.41. The van der Waals surface area contributed by atoms with Crippen LogP contribution in [-0.4, -0.2) is 61.2 Å². The van der Waals surface area contributed by atoms with Crippen LogP contribution in [0.15, 0.2) is 15.9 Å². The third kappa shape index (κ3) is 3.42. The van der Waals surface area contributed by atoms with E-state index < -0.39 is 24.0 Å². The van der Waals surface area contributed by atoms with Gasteiger partial charge in [0, 0.05) is 7.05 Å². The molecule has 2 aromatic rings. The molecule has 0 saturated heterocycles. The van der Waals surface area contributed by atoms with Gasteiger partial charge in [0.25, 0.3) is 5.56 Å². The molecule has 0 bridgehead atoms. The summed E-state index contributed by atoms with van der Waals surface area (Å²) in [6.45, 7) is 6.62. The first-order valence-electron chi connectivity index (χ1n) is 8.21. The average molecular weight is 340 g/mol. The molecule has 0 fully saturated rings. The second-order valence-corrected chi connectivity index (χ2v) is 5.91. The van der Waals surface area contributed by atoms with Gasteiger partial charge in [0.05, 0.1) is 51.8 Å². The topological polar surface area (TPSA) is 107 Å². The number of hydrogen-bond donors (Lipinski definition) is 3. The first kappa shape index (κ1) is 18.4. The summed E-state index contributed by atoms with van der Waals surface area (Å²) in [6.07, 6.45) is 0.414. The summed E-state index contributed by atoms with van der Waals surface area (Å²) in [4.78, 5) is 30.6. The highest BCUT2D eigenvalue weighted by Gasteiger charge is 2.18. The molecule has 0 aromatic carbocycles. The number of hydrogen-bond acceptors (Lipinski definition) is 5. The lowest BCUT2D eigenvalue weighted by molar-refractivity contribution is -0.897. The van der Waals surface area contributed by atoms with Crippen molar-refractivity contribution in [1.82, 2.24) is 18.7 Å². The minimum absolute atomic E-state index is 0.0434. The van der Waals surface area contributed by atoms with Gasteiger partial charge in [-0.1, -0.05) is 0 Å². The summed E-state index contributed by atoms with van der Waals surface area (Å²) in [6, 6.07) is 0. The lowest BCUT2D eigenvalue weighted by Gasteiger charge is -2.16. The van der Waals surface area contributed by atoms with E-state index in [4.69, 9.17) is 5.11 Å². The molecule has 0 saturated carbocycles. The van der Waals surface area contributed by atoms with Crippen molar-refractivity contribution in [2.45, 2.75) is 33.0 Å². The van der Waals surface area contributed by atoms with E-state index in [9.17, 15) is 14.7 Å². The van der Waals surface area contributed by atoms with E-state index in [0.717, 1.165) is 13.1 Å². The van der Waals surface area contributed by atoms with Gasteiger partial charge >= 0.3 is 5.69 Å². The summed E-state index contributed by atoms with van der Waals surface area (Å²) in [5.41, 5.74) is -0.268. The van der Waals surface area contributed by atoms with Gasteiger partial charge < -0.3 is 19.7 Å². The number of quaternary nitrogens is 1. The van der Waals surface area contributed by atoms with Crippen molar-refractivity contribution in [2.75, 3.05) is 26.2 Å². The summed E-state index contributed by atoms with van der Waals surface area (Å²) < 4.78 is 4.05. The highest BCUT2D eigenvalue weighted by atomic mass is 16.3. The van der Waals surface area contributed by atoms with E-state index in [0.29, 0.717) is 13.1 Å². The molecule has 1 atom stereocenters. The van der Waals surface area contributed by atoms with Crippen molar-refractivity contribution in [1.29, 1.82) is 0 Å². The Morgan fingerprint density at radius 2 is 1.96 bits per heavy atom. The maximum atomic E-state index is 12.8. The quantitative estimate of drug-likeness (QED) is 0.480. The summed E-state index contributed by atoms with van der Waals surface area (Å²) >= 11 is 0. The number of aliphatic hydroxyl groups is 2. The Balaban J connectivity index is 2.50. The van der Waals surface area contributed by atoms with Crippen LogP contribution in [-0.2, 0) is 20.1 Å². The summed E-state index contributed by atoms with van der Waals surface area (Å²) in [7, 11) is 1.57. The zero-order chi connectivity index (χ0) is 17.9. The van der Waals surface area contributed by atoms with Gasteiger partial charge in [-0.3, -0.25) is 13.9 Å². The highest BCUT2D eigenvalue weighted by molar-refractivity contribution is 5.69. The van der Waals surface area contributed by atoms with Crippen LogP contribution < -0.4 is 16.1 Å². The highest BCUT2D eigenvalue weighted by Crippen LogP contribution is 2.06. The zero-order valence-corrected chi connectivity index (χ0v) is 14.4. The zero-order valence-electron chi connectivity index (χ0n) is 14.4. The van der Waals surface area contributed by atoms with Gasteiger partial charge in [0.2, 0.25) is 0 Å². The minimum Gasteiger partial charge on any atom is -0.394 e. The van der Waals surface area contributed by atoms with Crippen LogP contribution in [0.5, 0.6) is 0 Å². The molecule has 2 aromatic heterocycles. The normalized spacial score (nSPS) is 13.1. The van der Waals surface area contributed by atoms with Crippen molar-refractivity contribution in [3.05, 3.63) is 27.2 Å². The first-order chi connectivity index (χ1) is 11.4. The molecule has 3 N–H and O–H groups in total. The fourth-order valence-corrected chi connectivity index (χ4v) is 2.82. The van der Waals surface area contributed by atoms with Gasteiger partial charge in [-0.2, -0.15) is 0 Å². The van der Waals surface area contributed by atoms with E-state index in [1.807, 2.05) is 0 Å². The van der Waals surface area contributed by atoms with Crippen molar-refractivity contribution in [2.24, 2.45) is 7.05 Å². The Bertz CT molecular complexity index is 803. The van der Waals surface area contributed by atoms with E-state index in [1.165, 1.54) is 24.9 Å². The van der Waals surface area contributed by atoms with Crippen LogP contribution >= 0.6 is 0 Å². The first-order valence-corrected chi connectivity index (χ1v) is 8.21. The maximum Gasteiger partial charge on any atom is 0.332 e. The number of nitrogens with one attached hydrogen (secondary N) is 1. The molecule has 2 heterocycles. The molecule has 0 amide bonds. The summed E-state index contributed by atoms with van der Waals surface area (Å²) in [5.74, 6) is 0. The lowest BCUT2D eigenvalue weighted by Crippen LogP contribution is -3.11. The van der Waals surface area contributed by atoms with Gasteiger partial charge in [0.15, 0.2) is 11.2 Å². The van der Waals surface area contributed by atoms with Crippen LogP contribution in [0.25, 0.3) is 11.2 Å². The number of rotatable bonds is 8. The van der Waals surface area contributed by atoms with Gasteiger partial charge in [0.1, 0.15) is 0 Å². The SMILES string of the molecule is CC[NH+](CC)CCn1c(=O)c2c(ncn2C[C@@H](O)CO)n(C)c1=O. The number of aromatic nitrogens is 4. The standard InChI is InChI=1S/C15H25N5O4/c1-4-18(5-2)6-7-20-14(23)12-13(17(3)15(20)24)16-10-19(12)8-11(22)9-21/h10-11,21-22H,4-9H2,1-3H3/p+1/t11-/m1/s1. The van der Waals surface area contributed by atoms with Crippen molar-refractivity contribution in [3.8, 4) is 0 Å². The van der Waals surface area contributed by atoms with Crippen LogP contribution in [0.2, 0.25) is 0 Å². The molecule has 9 nitrogen and oxygen atoms in total. The van der Waals surface area contributed by atoms with Crippen LogP contribution in [0.1, 0.15) is 13.8 Å². The second-order valence-electron chi connectivity index (χ2n) is 5.91. The number of nitrogens with zero attached hydrogens (tertiary/aromatic N) is 4. The third-order valence-electron chi connectivity index (χ3n) is 4.41. The van der Waals surface area contributed by atoms with Gasteiger partial charge in [-0.15, -0.1) is 0 Å². The van der Waals surface area contributed by atoms with Crippen LogP contribution in [0.3, 0.4) is 0 Å².